The van der Waals surface area contributed by atoms with Crippen LogP contribution in [0.2, 0.25) is 0 Å². The lowest BCUT2D eigenvalue weighted by molar-refractivity contribution is -0.130. The van der Waals surface area contributed by atoms with Gasteiger partial charge in [0.15, 0.2) is 0 Å². The SMILES string of the molecule is C=CCC1(C(=O)Nc2cc(C(=O)O)ccc2C)CCC1. The van der Waals surface area contributed by atoms with Crippen LogP contribution in [0.25, 0.3) is 0 Å². The number of carbonyl (C=O) groups excluding carboxylic acids is 1. The Balaban J connectivity index is 2.21. The van der Waals surface area contributed by atoms with E-state index >= 15 is 0 Å². The zero-order valence-corrected chi connectivity index (χ0v) is 11.6. The summed E-state index contributed by atoms with van der Waals surface area (Å²) in [5.41, 5.74) is 1.26. The Morgan fingerprint density at radius 3 is 2.65 bits per heavy atom. The van der Waals surface area contributed by atoms with Crippen LogP contribution in [0, 0.1) is 12.3 Å². The fraction of sp³-hybridized carbons (Fsp3) is 0.375. The molecule has 4 nitrogen and oxygen atoms in total. The molecule has 0 aromatic heterocycles. The topological polar surface area (TPSA) is 66.4 Å². The van der Waals surface area contributed by atoms with Gasteiger partial charge in [0.2, 0.25) is 5.91 Å². The van der Waals surface area contributed by atoms with Crippen LogP contribution in [0.4, 0.5) is 5.69 Å². The van der Waals surface area contributed by atoms with E-state index < -0.39 is 5.97 Å². The van der Waals surface area contributed by atoms with Crippen LogP contribution in [0.15, 0.2) is 30.9 Å². The summed E-state index contributed by atoms with van der Waals surface area (Å²) in [5, 5.41) is 11.9. The van der Waals surface area contributed by atoms with Crippen LogP contribution in [-0.2, 0) is 4.79 Å². The molecule has 2 rings (SSSR count). The first-order valence-corrected chi connectivity index (χ1v) is 6.75. The second kappa shape index (κ2) is 5.49. The van der Waals surface area contributed by atoms with Gasteiger partial charge in [0.05, 0.1) is 11.0 Å². The van der Waals surface area contributed by atoms with Crippen molar-refractivity contribution in [2.24, 2.45) is 5.41 Å². The van der Waals surface area contributed by atoms with Crippen molar-refractivity contribution in [3.05, 3.63) is 42.0 Å². The van der Waals surface area contributed by atoms with Crippen LogP contribution < -0.4 is 5.32 Å². The van der Waals surface area contributed by atoms with E-state index in [1.165, 1.54) is 12.1 Å². The number of hydrogen-bond donors (Lipinski definition) is 2. The highest BCUT2D eigenvalue weighted by molar-refractivity contribution is 5.98. The molecular formula is C16H19NO3. The van der Waals surface area contributed by atoms with Crippen molar-refractivity contribution < 1.29 is 14.7 Å². The van der Waals surface area contributed by atoms with Gasteiger partial charge >= 0.3 is 5.97 Å². The van der Waals surface area contributed by atoms with Crippen molar-refractivity contribution in [2.75, 3.05) is 5.32 Å². The van der Waals surface area contributed by atoms with Crippen LogP contribution in [0.3, 0.4) is 0 Å². The number of nitrogens with one attached hydrogen (secondary N) is 1. The molecule has 1 amide bonds. The summed E-state index contributed by atoms with van der Waals surface area (Å²) in [6, 6.07) is 4.76. The maximum absolute atomic E-state index is 12.4. The van der Waals surface area contributed by atoms with E-state index in [0.29, 0.717) is 12.1 Å². The summed E-state index contributed by atoms with van der Waals surface area (Å²) < 4.78 is 0. The average molecular weight is 273 g/mol. The summed E-state index contributed by atoms with van der Waals surface area (Å²) in [7, 11) is 0. The lowest BCUT2D eigenvalue weighted by Gasteiger charge is -2.39. The highest BCUT2D eigenvalue weighted by atomic mass is 16.4. The van der Waals surface area contributed by atoms with Crippen molar-refractivity contribution in [3.63, 3.8) is 0 Å². The molecule has 0 aliphatic heterocycles. The van der Waals surface area contributed by atoms with E-state index in [4.69, 9.17) is 5.11 Å². The molecule has 0 atom stereocenters. The molecule has 20 heavy (non-hydrogen) atoms. The van der Waals surface area contributed by atoms with Gasteiger partial charge in [0.25, 0.3) is 0 Å². The van der Waals surface area contributed by atoms with E-state index in [9.17, 15) is 9.59 Å². The largest absolute Gasteiger partial charge is 0.478 e. The quantitative estimate of drug-likeness (QED) is 0.808. The molecule has 1 saturated carbocycles. The van der Waals surface area contributed by atoms with Crippen molar-refractivity contribution >= 4 is 17.6 Å². The Bertz CT molecular complexity index is 559. The third kappa shape index (κ3) is 2.59. The van der Waals surface area contributed by atoms with Gasteiger partial charge in [-0.25, -0.2) is 4.79 Å². The van der Waals surface area contributed by atoms with Gasteiger partial charge in [0.1, 0.15) is 0 Å². The number of rotatable bonds is 5. The Kier molecular flexibility index (Phi) is 3.93. The average Bonchev–Trinajstić information content (AvgIpc) is 2.36. The van der Waals surface area contributed by atoms with Gasteiger partial charge < -0.3 is 10.4 Å². The van der Waals surface area contributed by atoms with E-state index in [2.05, 4.69) is 11.9 Å². The molecule has 106 valence electrons. The molecule has 1 aliphatic rings. The number of carbonyl (C=O) groups is 2. The normalized spacial score (nSPS) is 16.1. The smallest absolute Gasteiger partial charge is 0.335 e. The zero-order valence-electron chi connectivity index (χ0n) is 11.6. The molecule has 1 aromatic carbocycles. The van der Waals surface area contributed by atoms with Gasteiger partial charge in [-0.1, -0.05) is 18.6 Å². The number of anilines is 1. The minimum absolute atomic E-state index is 0.0331. The van der Waals surface area contributed by atoms with Crippen molar-refractivity contribution in [1.82, 2.24) is 0 Å². The van der Waals surface area contributed by atoms with E-state index in [1.54, 1.807) is 12.1 Å². The first kappa shape index (κ1) is 14.3. The molecule has 1 aromatic rings. The molecule has 0 bridgehead atoms. The van der Waals surface area contributed by atoms with Crippen molar-refractivity contribution in [2.45, 2.75) is 32.6 Å². The highest BCUT2D eigenvalue weighted by Gasteiger charge is 2.42. The monoisotopic (exact) mass is 273 g/mol. The Hall–Kier alpha value is -2.10. The minimum atomic E-state index is -0.995. The second-order valence-electron chi connectivity index (χ2n) is 5.42. The Morgan fingerprint density at radius 2 is 2.15 bits per heavy atom. The number of aryl methyl sites for hydroxylation is 1. The number of aromatic carboxylic acids is 1. The van der Waals surface area contributed by atoms with Crippen LogP contribution in [-0.4, -0.2) is 17.0 Å². The predicted octanol–water partition coefficient (Wildman–Crippen LogP) is 3.38. The van der Waals surface area contributed by atoms with Gasteiger partial charge in [-0.2, -0.15) is 0 Å². The summed E-state index contributed by atoms with van der Waals surface area (Å²) >= 11 is 0. The third-order valence-electron chi connectivity index (χ3n) is 4.06. The fourth-order valence-electron chi connectivity index (χ4n) is 2.55. The van der Waals surface area contributed by atoms with Gasteiger partial charge in [-0.05, 0) is 43.9 Å². The summed E-state index contributed by atoms with van der Waals surface area (Å²) in [6.45, 7) is 5.56. The van der Waals surface area contributed by atoms with Crippen LogP contribution in [0.5, 0.6) is 0 Å². The molecular weight excluding hydrogens is 254 g/mol. The number of allylic oxidation sites excluding steroid dienone is 1. The van der Waals surface area contributed by atoms with E-state index in [1.807, 2.05) is 6.92 Å². The van der Waals surface area contributed by atoms with Crippen LogP contribution >= 0.6 is 0 Å². The first-order valence-electron chi connectivity index (χ1n) is 6.75. The number of amides is 1. The Labute approximate surface area is 118 Å². The molecule has 0 saturated heterocycles. The predicted molar refractivity (Wildman–Crippen MR) is 77.9 cm³/mol. The molecule has 0 radical (unpaired) electrons. The minimum Gasteiger partial charge on any atom is -0.478 e. The van der Waals surface area contributed by atoms with E-state index in [-0.39, 0.29) is 16.9 Å². The molecule has 4 heteroatoms. The molecule has 2 N–H and O–H groups in total. The maximum atomic E-state index is 12.4. The fourth-order valence-corrected chi connectivity index (χ4v) is 2.55. The van der Waals surface area contributed by atoms with E-state index in [0.717, 1.165) is 24.8 Å². The number of hydrogen-bond acceptors (Lipinski definition) is 2. The zero-order chi connectivity index (χ0) is 14.8. The molecule has 1 fully saturated rings. The molecule has 0 heterocycles. The van der Waals surface area contributed by atoms with Gasteiger partial charge in [-0.3, -0.25) is 4.79 Å². The summed E-state index contributed by atoms with van der Waals surface area (Å²) in [6.07, 6.45) is 5.22. The number of carboxylic acid groups (broad SMARTS) is 1. The lowest BCUT2D eigenvalue weighted by atomic mass is 9.66. The van der Waals surface area contributed by atoms with Crippen LogP contribution in [0.1, 0.15) is 41.6 Å². The van der Waals surface area contributed by atoms with Crippen molar-refractivity contribution in [1.29, 1.82) is 0 Å². The Morgan fingerprint density at radius 1 is 1.45 bits per heavy atom. The standard InChI is InChI=1S/C16H19NO3/c1-3-7-16(8-4-9-16)15(20)17-13-10-12(14(18)19)6-5-11(13)2/h3,5-6,10H,1,4,7-9H2,2H3,(H,17,20)(H,18,19). The molecule has 0 spiro atoms. The first-order chi connectivity index (χ1) is 9.48. The lowest BCUT2D eigenvalue weighted by Crippen LogP contribution is -2.41. The third-order valence-corrected chi connectivity index (χ3v) is 4.06. The second-order valence-corrected chi connectivity index (χ2v) is 5.42. The van der Waals surface area contributed by atoms with Crippen molar-refractivity contribution in [3.8, 4) is 0 Å². The molecule has 0 unspecified atom stereocenters. The number of carboxylic acids is 1. The number of benzene rings is 1. The highest BCUT2D eigenvalue weighted by Crippen LogP contribution is 2.45. The van der Waals surface area contributed by atoms with Gasteiger partial charge in [0, 0.05) is 5.69 Å². The summed E-state index contributed by atoms with van der Waals surface area (Å²) in [5.74, 6) is -1.03. The molecule has 1 aliphatic carbocycles. The maximum Gasteiger partial charge on any atom is 0.335 e. The van der Waals surface area contributed by atoms with Gasteiger partial charge in [-0.15, -0.1) is 6.58 Å². The summed E-state index contributed by atoms with van der Waals surface area (Å²) in [4.78, 5) is 23.4.